The Balaban J connectivity index is 1.16. The molecule has 0 spiro atoms. The van der Waals surface area contributed by atoms with Gasteiger partial charge in [-0.05, 0) is 116 Å². The van der Waals surface area contributed by atoms with Crippen molar-refractivity contribution in [2.45, 2.75) is 52.0 Å². The van der Waals surface area contributed by atoms with Crippen LogP contribution in [0.5, 0.6) is 0 Å². The number of amides is 1. The van der Waals surface area contributed by atoms with Crippen LogP contribution < -0.4 is 11.1 Å². The van der Waals surface area contributed by atoms with Crippen molar-refractivity contribution in [2.24, 2.45) is 35.3 Å². The molecule has 0 saturated heterocycles. The first-order valence-corrected chi connectivity index (χ1v) is 11.8. The zero-order valence-corrected chi connectivity index (χ0v) is 18.1. The molecule has 4 fully saturated rings. The van der Waals surface area contributed by atoms with E-state index in [1.54, 1.807) is 12.5 Å². The van der Waals surface area contributed by atoms with Crippen molar-refractivity contribution < 1.29 is 4.79 Å². The highest BCUT2D eigenvalue weighted by Gasteiger charge is 2.47. The first-order chi connectivity index (χ1) is 14.6. The van der Waals surface area contributed by atoms with Crippen molar-refractivity contribution >= 4 is 5.91 Å². The summed E-state index contributed by atoms with van der Waals surface area (Å²) in [5.74, 6) is 4.80. The van der Waals surface area contributed by atoms with Crippen LogP contribution in [0.25, 0.3) is 11.1 Å². The van der Waals surface area contributed by atoms with Gasteiger partial charge in [-0.25, -0.2) is 0 Å². The maximum atomic E-state index is 11.5. The molecule has 3 nitrogen and oxygen atoms in total. The largest absolute Gasteiger partial charge is 0.366 e. The molecule has 0 unspecified atom stereocenters. The van der Waals surface area contributed by atoms with Crippen LogP contribution in [0.15, 0.2) is 42.5 Å². The van der Waals surface area contributed by atoms with E-state index >= 15 is 0 Å². The molecule has 4 aliphatic carbocycles. The second-order valence-corrected chi connectivity index (χ2v) is 10.2. The van der Waals surface area contributed by atoms with E-state index in [9.17, 15) is 4.79 Å². The van der Waals surface area contributed by atoms with E-state index in [-0.39, 0.29) is 5.91 Å². The van der Waals surface area contributed by atoms with Gasteiger partial charge in [0.1, 0.15) is 0 Å². The summed E-state index contributed by atoms with van der Waals surface area (Å²) in [6.07, 6.45) is 8.99. The zero-order valence-electron chi connectivity index (χ0n) is 18.1. The predicted octanol–water partition coefficient (Wildman–Crippen LogP) is 5.31. The SMILES string of the molecule is Cc1cc(CNCCC2C3CC4CC(C3)CC2C4)ccc1-c1cccc(C(N)=O)c1. The fourth-order valence-electron chi connectivity index (χ4n) is 7.01. The Labute approximate surface area is 180 Å². The van der Waals surface area contributed by atoms with Crippen molar-refractivity contribution in [3.63, 3.8) is 0 Å². The standard InChI is InChI=1S/C27H34N2O/c1-17-9-18(5-6-25(17)21-3-2-4-22(15-21)27(28)30)16-29-8-7-26-23-11-19-10-20(13-23)14-24(26)12-19/h2-6,9,15,19-20,23-24,26,29H,7-8,10-14,16H2,1H3,(H2,28,30). The van der Waals surface area contributed by atoms with Crippen molar-refractivity contribution in [2.75, 3.05) is 6.54 Å². The first-order valence-electron chi connectivity index (χ1n) is 11.8. The Bertz CT molecular complexity index is 906. The Morgan fingerprint density at radius 3 is 2.40 bits per heavy atom. The minimum Gasteiger partial charge on any atom is -0.366 e. The third-order valence-corrected chi connectivity index (χ3v) is 8.15. The Hall–Kier alpha value is -2.13. The third-order valence-electron chi connectivity index (χ3n) is 8.15. The first kappa shape index (κ1) is 19.8. The molecular formula is C27H34N2O. The van der Waals surface area contributed by atoms with E-state index < -0.39 is 0 Å². The quantitative estimate of drug-likeness (QED) is 0.617. The number of hydrogen-bond acceptors (Lipinski definition) is 2. The second kappa shape index (κ2) is 8.19. The van der Waals surface area contributed by atoms with Crippen LogP contribution in [-0.2, 0) is 6.54 Å². The van der Waals surface area contributed by atoms with Gasteiger partial charge >= 0.3 is 0 Å². The van der Waals surface area contributed by atoms with Crippen LogP contribution in [0.1, 0.15) is 60.0 Å². The summed E-state index contributed by atoms with van der Waals surface area (Å²) in [5, 5.41) is 3.71. The lowest BCUT2D eigenvalue weighted by molar-refractivity contribution is -0.0393. The molecule has 2 aromatic rings. The summed E-state index contributed by atoms with van der Waals surface area (Å²) in [6.45, 7) is 4.20. The van der Waals surface area contributed by atoms with E-state index in [0.29, 0.717) is 5.56 Å². The molecule has 4 saturated carbocycles. The molecule has 0 radical (unpaired) electrons. The molecule has 6 rings (SSSR count). The number of nitrogens with one attached hydrogen (secondary N) is 1. The molecule has 3 heteroatoms. The van der Waals surface area contributed by atoms with Gasteiger partial charge in [0.05, 0.1) is 0 Å². The topological polar surface area (TPSA) is 55.1 Å². The lowest BCUT2D eigenvalue weighted by Gasteiger charge is -2.54. The molecule has 0 aromatic heterocycles. The van der Waals surface area contributed by atoms with Crippen molar-refractivity contribution in [1.29, 1.82) is 0 Å². The predicted molar refractivity (Wildman–Crippen MR) is 122 cm³/mol. The van der Waals surface area contributed by atoms with Crippen LogP contribution >= 0.6 is 0 Å². The Morgan fingerprint density at radius 2 is 1.73 bits per heavy atom. The summed E-state index contributed by atoms with van der Waals surface area (Å²) in [6, 6.07) is 14.2. The van der Waals surface area contributed by atoms with Crippen LogP contribution in [-0.4, -0.2) is 12.5 Å². The van der Waals surface area contributed by atoms with Gasteiger partial charge in [0, 0.05) is 12.1 Å². The van der Waals surface area contributed by atoms with Gasteiger partial charge in [0.25, 0.3) is 0 Å². The van der Waals surface area contributed by atoms with E-state index in [0.717, 1.165) is 53.8 Å². The smallest absolute Gasteiger partial charge is 0.248 e. The van der Waals surface area contributed by atoms with E-state index in [4.69, 9.17) is 5.73 Å². The monoisotopic (exact) mass is 402 g/mol. The summed E-state index contributed by atoms with van der Waals surface area (Å²) in [4.78, 5) is 11.5. The fraction of sp³-hybridized carbons (Fsp3) is 0.519. The summed E-state index contributed by atoms with van der Waals surface area (Å²) >= 11 is 0. The Morgan fingerprint density at radius 1 is 1.00 bits per heavy atom. The van der Waals surface area contributed by atoms with Gasteiger partial charge in [0.15, 0.2) is 0 Å². The van der Waals surface area contributed by atoms with Gasteiger partial charge in [-0.2, -0.15) is 0 Å². The highest BCUT2D eigenvalue weighted by molar-refractivity contribution is 5.94. The van der Waals surface area contributed by atoms with Gasteiger partial charge in [-0.15, -0.1) is 0 Å². The van der Waals surface area contributed by atoms with Crippen LogP contribution in [0.4, 0.5) is 0 Å². The van der Waals surface area contributed by atoms with Crippen molar-refractivity contribution in [3.8, 4) is 11.1 Å². The van der Waals surface area contributed by atoms with Crippen molar-refractivity contribution in [1.82, 2.24) is 5.32 Å². The maximum absolute atomic E-state index is 11.5. The van der Waals surface area contributed by atoms with E-state index in [1.165, 1.54) is 43.2 Å². The molecule has 0 heterocycles. The number of primary amides is 1. The minimum atomic E-state index is -0.380. The molecule has 0 atom stereocenters. The van der Waals surface area contributed by atoms with E-state index in [1.807, 2.05) is 18.2 Å². The number of aryl methyl sites for hydroxylation is 1. The fourth-order valence-corrected chi connectivity index (χ4v) is 7.01. The number of rotatable bonds is 7. The van der Waals surface area contributed by atoms with Gasteiger partial charge in [0.2, 0.25) is 5.91 Å². The molecule has 158 valence electrons. The third kappa shape index (κ3) is 3.92. The molecule has 30 heavy (non-hydrogen) atoms. The van der Waals surface area contributed by atoms with Gasteiger partial charge in [-0.1, -0.05) is 30.3 Å². The highest BCUT2D eigenvalue weighted by atomic mass is 16.1. The van der Waals surface area contributed by atoms with Crippen LogP contribution in [0.2, 0.25) is 0 Å². The zero-order chi connectivity index (χ0) is 20.7. The van der Waals surface area contributed by atoms with E-state index in [2.05, 4.69) is 30.4 Å². The maximum Gasteiger partial charge on any atom is 0.248 e. The molecule has 1 amide bonds. The molecule has 4 bridgehead atoms. The van der Waals surface area contributed by atoms with Crippen LogP contribution in [0, 0.1) is 36.5 Å². The summed E-state index contributed by atoms with van der Waals surface area (Å²) in [5.41, 5.74) is 10.8. The van der Waals surface area contributed by atoms with Crippen molar-refractivity contribution in [3.05, 3.63) is 59.2 Å². The molecule has 2 aromatic carbocycles. The number of carbonyl (C=O) groups excluding carboxylic acids is 1. The second-order valence-electron chi connectivity index (χ2n) is 10.2. The summed E-state index contributed by atoms with van der Waals surface area (Å²) < 4.78 is 0. The molecular weight excluding hydrogens is 368 g/mol. The lowest BCUT2D eigenvalue weighted by Crippen LogP contribution is -2.45. The number of benzene rings is 2. The molecule has 3 N–H and O–H groups in total. The highest BCUT2D eigenvalue weighted by Crippen LogP contribution is 2.57. The molecule has 4 aliphatic rings. The number of carbonyl (C=O) groups is 1. The van der Waals surface area contributed by atoms with Gasteiger partial charge in [-0.3, -0.25) is 4.79 Å². The average molecular weight is 403 g/mol. The normalized spacial score (nSPS) is 29.3. The minimum absolute atomic E-state index is 0.380. The summed E-state index contributed by atoms with van der Waals surface area (Å²) in [7, 11) is 0. The molecule has 0 aliphatic heterocycles. The van der Waals surface area contributed by atoms with Gasteiger partial charge < -0.3 is 11.1 Å². The average Bonchev–Trinajstić information content (AvgIpc) is 2.72. The Kier molecular flexibility index (Phi) is 5.41. The number of nitrogens with two attached hydrogens (primary N) is 1. The van der Waals surface area contributed by atoms with Crippen LogP contribution in [0.3, 0.4) is 0 Å². The number of hydrogen-bond donors (Lipinski definition) is 2. The lowest BCUT2D eigenvalue weighted by atomic mass is 9.51.